The summed E-state index contributed by atoms with van der Waals surface area (Å²) >= 11 is 1.59. The van der Waals surface area contributed by atoms with Crippen molar-refractivity contribution in [1.29, 1.82) is 0 Å². The highest BCUT2D eigenvalue weighted by atomic mass is 32.1. The second kappa shape index (κ2) is 4.88. The molecule has 0 radical (unpaired) electrons. The molecule has 5 heteroatoms. The van der Waals surface area contributed by atoms with Crippen LogP contribution in [0.1, 0.15) is 17.1 Å². The first-order valence-electron chi connectivity index (χ1n) is 5.93. The Morgan fingerprint density at radius 1 is 1.17 bits per heavy atom. The lowest BCUT2D eigenvalue weighted by atomic mass is 10.1. The molecule has 3 rings (SSSR count). The van der Waals surface area contributed by atoms with E-state index in [1.165, 1.54) is 5.56 Å². The van der Waals surface area contributed by atoms with Crippen molar-refractivity contribution < 1.29 is 0 Å². The second-order valence-electron chi connectivity index (χ2n) is 4.14. The monoisotopic (exact) mass is 258 g/mol. The van der Waals surface area contributed by atoms with E-state index in [0.29, 0.717) is 6.54 Å². The summed E-state index contributed by atoms with van der Waals surface area (Å²) in [4.78, 5) is 5.44. The van der Waals surface area contributed by atoms with E-state index in [2.05, 4.69) is 34.3 Å². The Balaban J connectivity index is 1.77. The molecule has 2 N–H and O–H groups in total. The van der Waals surface area contributed by atoms with Crippen molar-refractivity contribution in [2.24, 2.45) is 5.73 Å². The average Bonchev–Trinajstić information content (AvgIpc) is 2.97. The number of hydrogen-bond donors (Lipinski definition) is 1. The van der Waals surface area contributed by atoms with Gasteiger partial charge < -0.3 is 5.73 Å². The quantitative estimate of drug-likeness (QED) is 0.779. The van der Waals surface area contributed by atoms with E-state index in [9.17, 15) is 0 Å². The molecule has 0 aliphatic rings. The Kier molecular flexibility index (Phi) is 3.08. The van der Waals surface area contributed by atoms with Gasteiger partial charge in [0.2, 0.25) is 4.96 Å². The fraction of sp³-hybridized carbons (Fsp3) is 0.231. The van der Waals surface area contributed by atoms with Crippen molar-refractivity contribution in [1.82, 2.24) is 14.6 Å². The van der Waals surface area contributed by atoms with Crippen LogP contribution in [0.5, 0.6) is 0 Å². The van der Waals surface area contributed by atoms with Gasteiger partial charge in [0.05, 0.1) is 5.69 Å². The van der Waals surface area contributed by atoms with Crippen molar-refractivity contribution in [2.75, 3.05) is 0 Å². The van der Waals surface area contributed by atoms with Crippen molar-refractivity contribution in [2.45, 2.75) is 19.4 Å². The average molecular weight is 258 g/mol. The van der Waals surface area contributed by atoms with E-state index in [-0.39, 0.29) is 0 Å². The molecule has 0 saturated carbocycles. The third-order valence-electron chi connectivity index (χ3n) is 2.88. The molecule has 0 unspecified atom stereocenters. The first-order chi connectivity index (χ1) is 8.86. The first kappa shape index (κ1) is 11.4. The van der Waals surface area contributed by atoms with Gasteiger partial charge in [-0.2, -0.15) is 5.10 Å². The van der Waals surface area contributed by atoms with Gasteiger partial charge in [-0.05, 0) is 12.0 Å². The lowest BCUT2D eigenvalue weighted by Gasteiger charge is -1.97. The number of benzene rings is 1. The molecule has 1 aromatic carbocycles. The Morgan fingerprint density at radius 2 is 2.00 bits per heavy atom. The van der Waals surface area contributed by atoms with Crippen LogP contribution in [-0.2, 0) is 19.4 Å². The Bertz CT molecular complexity index is 641. The van der Waals surface area contributed by atoms with Crippen LogP contribution in [0.2, 0.25) is 0 Å². The number of hydrogen-bond acceptors (Lipinski definition) is 4. The molecule has 18 heavy (non-hydrogen) atoms. The molecule has 0 amide bonds. The van der Waals surface area contributed by atoms with Gasteiger partial charge >= 0.3 is 0 Å². The van der Waals surface area contributed by atoms with Crippen LogP contribution in [-0.4, -0.2) is 14.6 Å². The van der Waals surface area contributed by atoms with Crippen molar-refractivity contribution in [3.63, 3.8) is 0 Å². The van der Waals surface area contributed by atoms with E-state index in [1.807, 2.05) is 16.0 Å². The largest absolute Gasteiger partial charge is 0.325 e. The van der Waals surface area contributed by atoms with Crippen molar-refractivity contribution in [3.05, 3.63) is 52.8 Å². The van der Waals surface area contributed by atoms with Gasteiger partial charge in [-0.1, -0.05) is 30.3 Å². The van der Waals surface area contributed by atoms with Gasteiger partial charge in [0.15, 0.2) is 5.82 Å². The minimum absolute atomic E-state index is 0.501. The standard InChI is InChI=1S/C13H14N4S/c14-8-11-9-18-13-15-12(16-17(11)13)7-6-10-4-2-1-3-5-10/h1-5,9H,6-8,14H2. The topological polar surface area (TPSA) is 56.2 Å². The molecule has 0 aliphatic carbocycles. The maximum atomic E-state index is 5.65. The lowest BCUT2D eigenvalue weighted by Crippen LogP contribution is -2.02. The van der Waals surface area contributed by atoms with Gasteiger partial charge in [-0.3, -0.25) is 0 Å². The highest BCUT2D eigenvalue weighted by Crippen LogP contribution is 2.14. The van der Waals surface area contributed by atoms with Crippen molar-refractivity contribution in [3.8, 4) is 0 Å². The van der Waals surface area contributed by atoms with Gasteiger partial charge in [0.1, 0.15) is 0 Å². The van der Waals surface area contributed by atoms with E-state index in [0.717, 1.165) is 29.3 Å². The zero-order valence-corrected chi connectivity index (χ0v) is 10.7. The molecular formula is C13H14N4S. The number of aryl methyl sites for hydroxylation is 2. The molecular weight excluding hydrogens is 244 g/mol. The Morgan fingerprint density at radius 3 is 2.78 bits per heavy atom. The van der Waals surface area contributed by atoms with E-state index in [4.69, 9.17) is 5.73 Å². The summed E-state index contributed by atoms with van der Waals surface area (Å²) in [6, 6.07) is 10.4. The fourth-order valence-electron chi connectivity index (χ4n) is 1.91. The summed E-state index contributed by atoms with van der Waals surface area (Å²) in [5.74, 6) is 0.889. The molecule has 2 heterocycles. The number of aromatic nitrogens is 3. The molecule has 92 valence electrons. The number of thiazole rings is 1. The summed E-state index contributed by atoms with van der Waals surface area (Å²) in [6.07, 6.45) is 1.83. The van der Waals surface area contributed by atoms with Crippen LogP contribution in [0.4, 0.5) is 0 Å². The number of nitrogens with two attached hydrogens (primary N) is 1. The SMILES string of the molecule is NCc1csc2nc(CCc3ccccc3)nn12. The maximum Gasteiger partial charge on any atom is 0.212 e. The Labute approximate surface area is 109 Å². The van der Waals surface area contributed by atoms with Crippen LogP contribution >= 0.6 is 11.3 Å². The first-order valence-corrected chi connectivity index (χ1v) is 6.81. The van der Waals surface area contributed by atoms with Crippen LogP contribution in [0, 0.1) is 0 Å². The molecule has 2 aromatic heterocycles. The number of nitrogens with zero attached hydrogens (tertiary/aromatic N) is 3. The van der Waals surface area contributed by atoms with Crippen LogP contribution in [0.15, 0.2) is 35.7 Å². The highest BCUT2D eigenvalue weighted by Gasteiger charge is 2.08. The normalized spacial score (nSPS) is 11.2. The minimum atomic E-state index is 0.501. The molecule has 0 aliphatic heterocycles. The molecule has 0 atom stereocenters. The zero-order chi connectivity index (χ0) is 12.4. The summed E-state index contributed by atoms with van der Waals surface area (Å²) in [5, 5.41) is 6.50. The molecule has 0 fully saturated rings. The highest BCUT2D eigenvalue weighted by molar-refractivity contribution is 7.15. The number of fused-ring (bicyclic) bond motifs is 1. The minimum Gasteiger partial charge on any atom is -0.325 e. The van der Waals surface area contributed by atoms with E-state index in [1.54, 1.807) is 11.3 Å². The molecule has 0 spiro atoms. The van der Waals surface area contributed by atoms with Crippen LogP contribution < -0.4 is 5.73 Å². The van der Waals surface area contributed by atoms with E-state index < -0.39 is 0 Å². The predicted molar refractivity (Wildman–Crippen MR) is 72.6 cm³/mol. The smallest absolute Gasteiger partial charge is 0.212 e. The fourth-order valence-corrected chi connectivity index (χ4v) is 2.77. The molecule has 0 saturated heterocycles. The predicted octanol–water partition coefficient (Wildman–Crippen LogP) is 2.03. The Hall–Kier alpha value is -1.72. The van der Waals surface area contributed by atoms with E-state index >= 15 is 0 Å². The van der Waals surface area contributed by atoms with Gasteiger partial charge in [0, 0.05) is 18.3 Å². The van der Waals surface area contributed by atoms with Crippen LogP contribution in [0.3, 0.4) is 0 Å². The summed E-state index contributed by atoms with van der Waals surface area (Å²) in [6.45, 7) is 0.501. The van der Waals surface area contributed by atoms with Crippen molar-refractivity contribution >= 4 is 16.3 Å². The number of rotatable bonds is 4. The van der Waals surface area contributed by atoms with Gasteiger partial charge in [-0.25, -0.2) is 9.50 Å². The molecule has 3 aromatic rings. The molecule has 4 nitrogen and oxygen atoms in total. The third kappa shape index (κ3) is 2.14. The maximum absolute atomic E-state index is 5.65. The lowest BCUT2D eigenvalue weighted by molar-refractivity contribution is 0.805. The summed E-state index contributed by atoms with van der Waals surface area (Å²) < 4.78 is 1.85. The molecule has 0 bridgehead atoms. The van der Waals surface area contributed by atoms with Gasteiger partial charge in [0.25, 0.3) is 0 Å². The zero-order valence-electron chi connectivity index (χ0n) is 9.91. The van der Waals surface area contributed by atoms with Gasteiger partial charge in [-0.15, -0.1) is 11.3 Å². The van der Waals surface area contributed by atoms with Crippen LogP contribution in [0.25, 0.3) is 4.96 Å². The third-order valence-corrected chi connectivity index (χ3v) is 3.75. The second-order valence-corrected chi connectivity index (χ2v) is 4.98. The summed E-state index contributed by atoms with van der Waals surface area (Å²) in [5.41, 5.74) is 7.99. The summed E-state index contributed by atoms with van der Waals surface area (Å²) in [7, 11) is 0.